The minimum Gasteiger partial charge on any atom is -0.376 e. The van der Waals surface area contributed by atoms with Crippen molar-refractivity contribution in [3.8, 4) is 0 Å². The van der Waals surface area contributed by atoms with E-state index < -0.39 is 0 Å². The molecule has 2 aromatic heterocycles. The Hall–Kier alpha value is -2.54. The number of ether oxygens (including phenoxy) is 1. The predicted octanol–water partition coefficient (Wildman–Crippen LogP) is 0.907. The van der Waals surface area contributed by atoms with Gasteiger partial charge in [-0.15, -0.1) is 0 Å². The Labute approximate surface area is 140 Å². The topological polar surface area (TPSA) is 71.5 Å². The van der Waals surface area contributed by atoms with Gasteiger partial charge in [-0.25, -0.2) is 9.97 Å². The van der Waals surface area contributed by atoms with Crippen molar-refractivity contribution in [3.05, 3.63) is 47.5 Å². The van der Waals surface area contributed by atoms with Crippen molar-refractivity contribution in [1.29, 1.82) is 0 Å². The molecule has 124 valence electrons. The van der Waals surface area contributed by atoms with Crippen LogP contribution in [0.5, 0.6) is 0 Å². The molecule has 2 aromatic rings. The Morgan fingerprint density at radius 2 is 2.04 bits per heavy atom. The minimum atomic E-state index is 0.0336. The molecule has 2 aliphatic heterocycles. The molecule has 0 saturated carbocycles. The van der Waals surface area contributed by atoms with Crippen molar-refractivity contribution in [2.45, 2.75) is 13.0 Å². The highest BCUT2D eigenvalue weighted by Crippen LogP contribution is 2.18. The van der Waals surface area contributed by atoms with Crippen LogP contribution < -0.4 is 4.90 Å². The molecule has 7 nitrogen and oxygen atoms in total. The van der Waals surface area contributed by atoms with Gasteiger partial charge in [-0.05, 0) is 12.1 Å². The lowest BCUT2D eigenvalue weighted by Gasteiger charge is -2.35. The highest BCUT2D eigenvalue weighted by Gasteiger charge is 2.24. The van der Waals surface area contributed by atoms with Gasteiger partial charge in [-0.3, -0.25) is 9.78 Å². The van der Waals surface area contributed by atoms with Gasteiger partial charge in [0, 0.05) is 56.8 Å². The van der Waals surface area contributed by atoms with Crippen LogP contribution in [-0.2, 0) is 17.8 Å². The molecule has 0 spiro atoms. The summed E-state index contributed by atoms with van der Waals surface area (Å²) in [6.07, 6.45) is 5.99. The average molecular weight is 325 g/mol. The minimum absolute atomic E-state index is 0.0336. The molecule has 2 aliphatic rings. The van der Waals surface area contributed by atoms with E-state index in [1.165, 1.54) is 0 Å². The van der Waals surface area contributed by atoms with E-state index >= 15 is 0 Å². The number of hydrogen-bond donors (Lipinski definition) is 0. The van der Waals surface area contributed by atoms with E-state index in [0.717, 1.165) is 43.3 Å². The molecule has 1 fully saturated rings. The average Bonchev–Trinajstić information content (AvgIpc) is 2.68. The van der Waals surface area contributed by atoms with Gasteiger partial charge in [-0.1, -0.05) is 0 Å². The first-order chi connectivity index (χ1) is 11.8. The third-order valence-corrected chi connectivity index (χ3v) is 4.44. The quantitative estimate of drug-likeness (QED) is 0.817. The summed E-state index contributed by atoms with van der Waals surface area (Å²) in [7, 11) is 0. The summed E-state index contributed by atoms with van der Waals surface area (Å²) < 4.78 is 5.42. The van der Waals surface area contributed by atoms with Crippen LogP contribution in [0.3, 0.4) is 0 Å². The van der Waals surface area contributed by atoms with E-state index in [-0.39, 0.29) is 5.91 Å². The highest BCUT2D eigenvalue weighted by molar-refractivity contribution is 5.94. The van der Waals surface area contributed by atoms with Gasteiger partial charge in [0.05, 0.1) is 24.5 Å². The van der Waals surface area contributed by atoms with Crippen LogP contribution in [0, 0.1) is 0 Å². The maximum absolute atomic E-state index is 12.5. The fourth-order valence-electron chi connectivity index (χ4n) is 3.05. The number of fused-ring (bicyclic) bond motifs is 1. The molecule has 0 bridgehead atoms. The summed E-state index contributed by atoms with van der Waals surface area (Å²) in [6, 6.07) is 3.59. The second-order valence-corrected chi connectivity index (χ2v) is 5.97. The number of amides is 1. The van der Waals surface area contributed by atoms with Crippen LogP contribution >= 0.6 is 0 Å². The lowest BCUT2D eigenvalue weighted by atomic mass is 10.1. The van der Waals surface area contributed by atoms with Crippen molar-refractivity contribution in [1.82, 2.24) is 19.9 Å². The van der Waals surface area contributed by atoms with Gasteiger partial charge in [-0.2, -0.15) is 0 Å². The molecular weight excluding hydrogens is 306 g/mol. The van der Waals surface area contributed by atoms with Gasteiger partial charge < -0.3 is 14.5 Å². The highest BCUT2D eigenvalue weighted by atomic mass is 16.5. The van der Waals surface area contributed by atoms with E-state index in [0.29, 0.717) is 25.3 Å². The first-order valence-electron chi connectivity index (χ1n) is 8.18. The smallest absolute Gasteiger partial charge is 0.255 e. The molecule has 0 N–H and O–H groups in total. The van der Waals surface area contributed by atoms with Crippen LogP contribution in [0.2, 0.25) is 0 Å². The van der Waals surface area contributed by atoms with E-state index in [9.17, 15) is 4.79 Å². The molecule has 4 rings (SSSR count). The van der Waals surface area contributed by atoms with Crippen molar-refractivity contribution < 1.29 is 9.53 Å². The largest absolute Gasteiger partial charge is 0.376 e. The number of piperazine rings is 1. The van der Waals surface area contributed by atoms with E-state index in [1.807, 2.05) is 11.1 Å². The Morgan fingerprint density at radius 1 is 1.17 bits per heavy atom. The number of carbonyl (C=O) groups is 1. The Morgan fingerprint density at radius 3 is 2.83 bits per heavy atom. The molecule has 0 aromatic carbocycles. The van der Waals surface area contributed by atoms with Gasteiger partial charge in [0.15, 0.2) is 0 Å². The van der Waals surface area contributed by atoms with Gasteiger partial charge in [0.1, 0.15) is 0 Å². The Kier molecular flexibility index (Phi) is 4.08. The van der Waals surface area contributed by atoms with Crippen molar-refractivity contribution in [2.24, 2.45) is 0 Å². The molecule has 0 atom stereocenters. The summed E-state index contributed by atoms with van der Waals surface area (Å²) in [4.78, 5) is 29.6. The first kappa shape index (κ1) is 15.0. The fourth-order valence-corrected chi connectivity index (χ4v) is 3.05. The van der Waals surface area contributed by atoms with Crippen LogP contribution in [-0.4, -0.2) is 58.5 Å². The number of rotatable bonds is 2. The summed E-state index contributed by atoms with van der Waals surface area (Å²) >= 11 is 0. The maximum Gasteiger partial charge on any atom is 0.255 e. The van der Waals surface area contributed by atoms with Crippen molar-refractivity contribution in [2.75, 3.05) is 37.7 Å². The molecular formula is C17H19N5O2. The van der Waals surface area contributed by atoms with Crippen molar-refractivity contribution in [3.63, 3.8) is 0 Å². The zero-order valence-corrected chi connectivity index (χ0v) is 13.4. The molecule has 0 unspecified atom stereocenters. The third-order valence-electron chi connectivity index (χ3n) is 4.44. The van der Waals surface area contributed by atoms with Gasteiger partial charge in [0.25, 0.3) is 5.91 Å². The normalized spacial score (nSPS) is 17.5. The molecule has 1 amide bonds. The van der Waals surface area contributed by atoms with Gasteiger partial charge in [0.2, 0.25) is 5.95 Å². The number of anilines is 1. The summed E-state index contributed by atoms with van der Waals surface area (Å²) in [5.41, 5.74) is 2.80. The van der Waals surface area contributed by atoms with Crippen LogP contribution in [0.15, 0.2) is 30.7 Å². The molecule has 0 aliphatic carbocycles. The summed E-state index contributed by atoms with van der Waals surface area (Å²) in [5.74, 6) is 0.787. The van der Waals surface area contributed by atoms with E-state index in [4.69, 9.17) is 4.74 Å². The Bertz CT molecular complexity index is 729. The van der Waals surface area contributed by atoms with Crippen LogP contribution in [0.25, 0.3) is 0 Å². The SMILES string of the molecule is O=C(c1cccnc1)N1CCN(c2ncc3c(n2)CCOC3)CC1. The van der Waals surface area contributed by atoms with Gasteiger partial charge >= 0.3 is 0 Å². The lowest BCUT2D eigenvalue weighted by Crippen LogP contribution is -2.49. The summed E-state index contributed by atoms with van der Waals surface area (Å²) in [6.45, 7) is 4.12. The van der Waals surface area contributed by atoms with Crippen molar-refractivity contribution >= 4 is 11.9 Å². The fraction of sp³-hybridized carbons (Fsp3) is 0.412. The van der Waals surface area contributed by atoms with E-state index in [1.54, 1.807) is 24.5 Å². The molecule has 7 heteroatoms. The zero-order chi connectivity index (χ0) is 16.4. The zero-order valence-electron chi connectivity index (χ0n) is 13.4. The number of carbonyl (C=O) groups excluding carboxylic acids is 1. The molecule has 4 heterocycles. The predicted molar refractivity (Wildman–Crippen MR) is 87.7 cm³/mol. The first-order valence-corrected chi connectivity index (χ1v) is 8.18. The monoisotopic (exact) mass is 325 g/mol. The third kappa shape index (κ3) is 2.94. The maximum atomic E-state index is 12.5. The molecule has 1 saturated heterocycles. The second kappa shape index (κ2) is 6.52. The number of nitrogens with zero attached hydrogens (tertiary/aromatic N) is 5. The number of pyridine rings is 1. The second-order valence-electron chi connectivity index (χ2n) is 5.97. The van der Waals surface area contributed by atoms with Crippen LogP contribution in [0.1, 0.15) is 21.6 Å². The molecule has 0 radical (unpaired) electrons. The standard InChI is InChI=1S/C17H19N5O2/c23-16(13-2-1-4-18-10-13)21-5-7-22(8-6-21)17-19-11-14-12-24-9-3-15(14)20-17/h1-2,4,10-11H,3,5-9,12H2. The van der Waals surface area contributed by atoms with E-state index in [2.05, 4.69) is 19.9 Å². The molecule has 24 heavy (non-hydrogen) atoms. The number of hydrogen-bond acceptors (Lipinski definition) is 6. The lowest BCUT2D eigenvalue weighted by molar-refractivity contribution is 0.0745. The Balaban J connectivity index is 1.42. The summed E-state index contributed by atoms with van der Waals surface area (Å²) in [5, 5.41) is 0. The van der Waals surface area contributed by atoms with Crippen LogP contribution in [0.4, 0.5) is 5.95 Å². The number of aromatic nitrogens is 3.